The molecule has 0 spiro atoms. The quantitative estimate of drug-likeness (QED) is 0.465. The lowest BCUT2D eigenvalue weighted by atomic mass is 10.2. The molecule has 1 fully saturated rings. The fraction of sp³-hybridized carbons (Fsp3) is 0.158. The Balaban J connectivity index is 1.73. The molecule has 1 saturated heterocycles. The Hall–Kier alpha value is -1.73. The molecule has 27 heavy (non-hydrogen) atoms. The number of hydrogen-bond acceptors (Lipinski definition) is 5. The van der Waals surface area contributed by atoms with Crippen molar-refractivity contribution in [3.05, 3.63) is 63.0 Å². The molecule has 3 rings (SSSR count). The van der Waals surface area contributed by atoms with Crippen molar-refractivity contribution in [2.75, 3.05) is 18.6 Å². The van der Waals surface area contributed by atoms with Crippen LogP contribution in [0.3, 0.4) is 0 Å². The highest BCUT2D eigenvalue weighted by Crippen LogP contribution is 2.34. The lowest BCUT2D eigenvalue weighted by Gasteiger charge is -2.18. The summed E-state index contributed by atoms with van der Waals surface area (Å²) in [5, 5.41) is 4.13. The molecule has 0 unspecified atom stereocenters. The van der Waals surface area contributed by atoms with Gasteiger partial charge in [-0.25, -0.2) is 0 Å². The van der Waals surface area contributed by atoms with E-state index in [1.54, 1.807) is 24.3 Å². The van der Waals surface area contributed by atoms with E-state index in [1.807, 2.05) is 31.2 Å². The van der Waals surface area contributed by atoms with Gasteiger partial charge in [-0.2, -0.15) is 0 Å². The third-order valence-electron chi connectivity index (χ3n) is 3.73. The van der Waals surface area contributed by atoms with Gasteiger partial charge in [0.25, 0.3) is 5.91 Å². The zero-order valence-corrected chi connectivity index (χ0v) is 17.5. The molecule has 140 valence electrons. The summed E-state index contributed by atoms with van der Waals surface area (Å²) in [6.45, 7) is 2.74. The highest BCUT2D eigenvalue weighted by Gasteiger charge is 2.31. The van der Waals surface area contributed by atoms with Crippen LogP contribution in [0.25, 0.3) is 6.08 Å². The Kier molecular flexibility index (Phi) is 6.65. The molecule has 4 nitrogen and oxygen atoms in total. The van der Waals surface area contributed by atoms with Gasteiger partial charge in [-0.05, 0) is 42.8 Å². The molecule has 0 bridgehead atoms. The maximum absolute atomic E-state index is 12.7. The molecule has 0 aromatic heterocycles. The first-order valence-corrected chi connectivity index (χ1v) is 10.1. The van der Waals surface area contributed by atoms with Gasteiger partial charge in [0.15, 0.2) is 0 Å². The van der Waals surface area contributed by atoms with Crippen molar-refractivity contribution in [3.63, 3.8) is 0 Å². The number of carbonyl (C=O) groups is 1. The van der Waals surface area contributed by atoms with Crippen molar-refractivity contribution in [2.24, 2.45) is 0 Å². The van der Waals surface area contributed by atoms with E-state index in [0.29, 0.717) is 25.9 Å². The number of rotatable bonds is 6. The molecular formula is C19H16Cl2N2O2S2. The molecule has 0 saturated carbocycles. The molecule has 1 amide bonds. The van der Waals surface area contributed by atoms with Crippen molar-refractivity contribution in [1.82, 2.24) is 4.90 Å². The minimum atomic E-state index is -0.155. The van der Waals surface area contributed by atoms with E-state index in [0.717, 1.165) is 17.0 Å². The number of hydrogen-bond donors (Lipinski definition) is 1. The zero-order chi connectivity index (χ0) is 19.4. The first-order valence-electron chi connectivity index (χ1n) is 8.15. The van der Waals surface area contributed by atoms with E-state index in [2.05, 4.69) is 5.32 Å². The molecule has 2 aromatic rings. The average molecular weight is 439 g/mol. The Morgan fingerprint density at radius 1 is 1.22 bits per heavy atom. The van der Waals surface area contributed by atoms with E-state index in [9.17, 15) is 4.79 Å². The van der Waals surface area contributed by atoms with Crippen molar-refractivity contribution in [3.8, 4) is 5.75 Å². The topological polar surface area (TPSA) is 41.6 Å². The SMILES string of the molecule is CCOc1ccccc1NCN1C(=O)C(=Cc2ccc(Cl)c(Cl)c2)SC1=S. The van der Waals surface area contributed by atoms with Gasteiger partial charge >= 0.3 is 0 Å². The average Bonchev–Trinajstić information content (AvgIpc) is 2.91. The Bertz CT molecular complexity index is 918. The lowest BCUT2D eigenvalue weighted by molar-refractivity contribution is -0.121. The molecule has 0 aliphatic carbocycles. The predicted molar refractivity (Wildman–Crippen MR) is 118 cm³/mol. The Morgan fingerprint density at radius 3 is 2.74 bits per heavy atom. The third kappa shape index (κ3) is 4.76. The van der Waals surface area contributed by atoms with Gasteiger partial charge in [-0.15, -0.1) is 0 Å². The maximum atomic E-state index is 12.7. The standard InChI is InChI=1S/C19H16Cl2N2O2S2/c1-2-25-16-6-4-3-5-15(16)22-11-23-18(24)17(27-19(23)26)10-12-7-8-13(20)14(21)9-12/h3-10,22H,2,11H2,1H3. The van der Waals surface area contributed by atoms with Crippen LogP contribution in [-0.4, -0.2) is 28.4 Å². The fourth-order valence-electron chi connectivity index (χ4n) is 2.45. The summed E-state index contributed by atoms with van der Waals surface area (Å²) in [6.07, 6.45) is 1.76. The smallest absolute Gasteiger partial charge is 0.267 e. The number of para-hydroxylation sites is 2. The number of nitrogens with zero attached hydrogens (tertiary/aromatic N) is 1. The monoisotopic (exact) mass is 438 g/mol. The van der Waals surface area contributed by atoms with Gasteiger partial charge < -0.3 is 10.1 Å². The highest BCUT2D eigenvalue weighted by atomic mass is 35.5. The van der Waals surface area contributed by atoms with Gasteiger partial charge in [-0.3, -0.25) is 9.69 Å². The molecule has 1 N–H and O–H groups in total. The maximum Gasteiger partial charge on any atom is 0.267 e. The number of carbonyl (C=O) groups excluding carboxylic acids is 1. The van der Waals surface area contributed by atoms with Gasteiger partial charge in [0, 0.05) is 0 Å². The van der Waals surface area contributed by atoms with E-state index >= 15 is 0 Å². The number of anilines is 1. The van der Waals surface area contributed by atoms with E-state index in [4.69, 9.17) is 40.2 Å². The summed E-state index contributed by atoms with van der Waals surface area (Å²) in [6, 6.07) is 12.8. The Labute approximate surface area is 177 Å². The van der Waals surface area contributed by atoms with Crippen molar-refractivity contribution in [1.29, 1.82) is 0 Å². The fourth-order valence-corrected chi connectivity index (χ4v) is 4.01. The molecule has 0 atom stereocenters. The molecule has 1 heterocycles. The first-order chi connectivity index (χ1) is 13.0. The molecular weight excluding hydrogens is 423 g/mol. The van der Waals surface area contributed by atoms with Crippen LogP contribution in [0.2, 0.25) is 10.0 Å². The van der Waals surface area contributed by atoms with Crippen LogP contribution in [0, 0.1) is 0 Å². The number of thioether (sulfide) groups is 1. The molecule has 1 aliphatic rings. The number of thiocarbonyl (C=S) groups is 1. The van der Waals surface area contributed by atoms with E-state index in [1.165, 1.54) is 16.7 Å². The van der Waals surface area contributed by atoms with E-state index < -0.39 is 0 Å². The largest absolute Gasteiger partial charge is 0.492 e. The summed E-state index contributed by atoms with van der Waals surface area (Å²) in [5.74, 6) is 0.578. The summed E-state index contributed by atoms with van der Waals surface area (Å²) in [5.41, 5.74) is 1.60. The van der Waals surface area contributed by atoms with Crippen LogP contribution in [0.5, 0.6) is 5.75 Å². The second kappa shape index (κ2) is 8.97. The number of nitrogens with one attached hydrogen (secondary N) is 1. The normalized spacial score (nSPS) is 15.5. The van der Waals surface area contributed by atoms with Crippen LogP contribution >= 0.6 is 47.2 Å². The van der Waals surface area contributed by atoms with Crippen LogP contribution in [0.1, 0.15) is 12.5 Å². The molecule has 2 aromatic carbocycles. The van der Waals surface area contributed by atoms with E-state index in [-0.39, 0.29) is 12.6 Å². The van der Waals surface area contributed by atoms with Crippen LogP contribution in [0.4, 0.5) is 5.69 Å². The van der Waals surface area contributed by atoms with Crippen molar-refractivity contribution >= 4 is 69.2 Å². The summed E-state index contributed by atoms with van der Waals surface area (Å²) in [4.78, 5) is 14.8. The van der Waals surface area contributed by atoms with Crippen LogP contribution in [0.15, 0.2) is 47.4 Å². The first kappa shape index (κ1) is 20.0. The van der Waals surface area contributed by atoms with Crippen LogP contribution in [-0.2, 0) is 4.79 Å². The number of amides is 1. The summed E-state index contributed by atoms with van der Waals surface area (Å²) in [7, 11) is 0. The third-order valence-corrected chi connectivity index (χ3v) is 5.85. The minimum absolute atomic E-state index is 0.155. The van der Waals surface area contributed by atoms with Gasteiger partial charge in [0.05, 0.1) is 33.9 Å². The van der Waals surface area contributed by atoms with Gasteiger partial charge in [0.2, 0.25) is 0 Å². The number of ether oxygens (including phenoxy) is 1. The van der Waals surface area contributed by atoms with Crippen molar-refractivity contribution in [2.45, 2.75) is 6.92 Å². The van der Waals surface area contributed by atoms with Crippen LogP contribution < -0.4 is 10.1 Å². The summed E-state index contributed by atoms with van der Waals surface area (Å²) < 4.78 is 6.08. The molecule has 1 aliphatic heterocycles. The second-order valence-electron chi connectivity index (χ2n) is 5.55. The zero-order valence-electron chi connectivity index (χ0n) is 14.4. The van der Waals surface area contributed by atoms with Gasteiger partial charge in [-0.1, -0.05) is 65.4 Å². The molecule has 8 heteroatoms. The predicted octanol–water partition coefficient (Wildman–Crippen LogP) is 5.66. The lowest BCUT2D eigenvalue weighted by Crippen LogP contribution is -2.33. The molecule has 0 radical (unpaired) electrons. The minimum Gasteiger partial charge on any atom is -0.492 e. The van der Waals surface area contributed by atoms with Gasteiger partial charge in [0.1, 0.15) is 10.1 Å². The highest BCUT2D eigenvalue weighted by molar-refractivity contribution is 8.26. The number of halogens is 2. The second-order valence-corrected chi connectivity index (χ2v) is 8.04. The summed E-state index contributed by atoms with van der Waals surface area (Å²) >= 11 is 18.6. The number of benzene rings is 2. The Morgan fingerprint density at radius 2 is 2.00 bits per heavy atom. The van der Waals surface area contributed by atoms with Crippen molar-refractivity contribution < 1.29 is 9.53 Å².